The largest absolute Gasteiger partial charge is 0.453 e. The minimum absolute atomic E-state index is 0.344. The van der Waals surface area contributed by atoms with Crippen LogP contribution in [0.2, 0.25) is 19.6 Å². The van der Waals surface area contributed by atoms with Gasteiger partial charge in [-0.25, -0.2) is 4.79 Å². The third kappa shape index (κ3) is 6.22. The van der Waals surface area contributed by atoms with Crippen LogP contribution in [0.1, 0.15) is 54.4 Å². The van der Waals surface area contributed by atoms with Crippen LogP contribution in [0.15, 0.2) is 11.1 Å². The number of hydrogen-bond acceptors (Lipinski definition) is 7. The molecule has 3 heterocycles. The summed E-state index contributed by atoms with van der Waals surface area (Å²) in [5, 5.41) is 0. The van der Waals surface area contributed by atoms with E-state index in [4.69, 9.17) is 28.4 Å². The second-order valence-electron chi connectivity index (χ2n) is 10.8. The van der Waals surface area contributed by atoms with Gasteiger partial charge in [0.2, 0.25) is 0 Å². The number of hydrogen-bond donors (Lipinski definition) is 0. The Morgan fingerprint density at radius 3 is 2.28 bits per heavy atom. The van der Waals surface area contributed by atoms with Gasteiger partial charge in [-0.2, -0.15) is 0 Å². The SMILES string of the molecule is CC(C)=C(CCC#C[Si](C)(C)C)C(=O)O[C@@H]1[C@H]2OC(C)(C)O[C@H]2O[C@@H]1[C@H]1COC(C)(C)O1. The molecule has 0 N–H and O–H groups in total. The van der Waals surface area contributed by atoms with Crippen LogP contribution in [0, 0.1) is 11.5 Å². The van der Waals surface area contributed by atoms with Crippen LogP contribution >= 0.6 is 0 Å². The van der Waals surface area contributed by atoms with E-state index in [9.17, 15) is 4.79 Å². The molecule has 3 fully saturated rings. The van der Waals surface area contributed by atoms with Crippen molar-refractivity contribution >= 4 is 14.0 Å². The second-order valence-corrected chi connectivity index (χ2v) is 15.6. The van der Waals surface area contributed by atoms with Crippen molar-refractivity contribution in [3.8, 4) is 11.5 Å². The zero-order valence-electron chi connectivity index (χ0n) is 20.9. The first kappa shape index (κ1) is 25.4. The number of fused-ring (bicyclic) bond motifs is 1. The monoisotopic (exact) mass is 466 g/mol. The summed E-state index contributed by atoms with van der Waals surface area (Å²) in [6, 6.07) is 0. The molecule has 0 spiro atoms. The summed E-state index contributed by atoms with van der Waals surface area (Å²) in [4.78, 5) is 13.2. The maximum absolute atomic E-state index is 13.2. The van der Waals surface area contributed by atoms with Crippen LogP contribution in [0.5, 0.6) is 0 Å². The average Bonchev–Trinajstić information content (AvgIpc) is 3.23. The first-order valence-electron chi connectivity index (χ1n) is 11.4. The first-order valence-corrected chi connectivity index (χ1v) is 14.9. The first-order chi connectivity index (χ1) is 14.7. The number of esters is 1. The lowest BCUT2D eigenvalue weighted by Gasteiger charge is -2.29. The molecule has 8 heteroatoms. The minimum Gasteiger partial charge on any atom is -0.453 e. The van der Waals surface area contributed by atoms with Gasteiger partial charge in [-0.1, -0.05) is 25.2 Å². The number of rotatable bonds is 5. The van der Waals surface area contributed by atoms with Crippen LogP contribution in [0.3, 0.4) is 0 Å². The highest BCUT2D eigenvalue weighted by Crippen LogP contribution is 2.42. The highest BCUT2D eigenvalue weighted by molar-refractivity contribution is 6.83. The van der Waals surface area contributed by atoms with E-state index in [-0.39, 0.29) is 12.1 Å². The van der Waals surface area contributed by atoms with Crippen LogP contribution in [-0.2, 0) is 33.2 Å². The molecule has 32 heavy (non-hydrogen) atoms. The van der Waals surface area contributed by atoms with Crippen molar-refractivity contribution in [3.05, 3.63) is 11.1 Å². The third-order valence-corrected chi connectivity index (χ3v) is 6.41. The van der Waals surface area contributed by atoms with Gasteiger partial charge in [-0.15, -0.1) is 11.5 Å². The molecule has 0 bridgehead atoms. The van der Waals surface area contributed by atoms with Gasteiger partial charge in [0.1, 0.15) is 20.3 Å². The van der Waals surface area contributed by atoms with Crippen LogP contribution < -0.4 is 0 Å². The predicted octanol–water partition coefficient (Wildman–Crippen LogP) is 3.92. The lowest BCUT2D eigenvalue weighted by atomic mass is 10.0. The lowest BCUT2D eigenvalue weighted by Crippen LogP contribution is -2.45. The highest BCUT2D eigenvalue weighted by Gasteiger charge is 2.60. The number of ether oxygens (including phenoxy) is 6. The Labute approximate surface area is 193 Å². The molecule has 0 aromatic rings. The fraction of sp³-hybridized carbons (Fsp3) is 0.792. The van der Waals surface area contributed by atoms with E-state index in [0.717, 1.165) is 5.57 Å². The van der Waals surface area contributed by atoms with Gasteiger partial charge < -0.3 is 28.4 Å². The molecule has 3 saturated heterocycles. The molecule has 5 atom stereocenters. The van der Waals surface area contributed by atoms with Crippen molar-refractivity contribution in [1.29, 1.82) is 0 Å². The standard InChI is InChI=1S/C24H38O7Si/c1-15(2)16(12-10-11-13-32(7,8)9)21(25)27-19-18(17-14-26-23(3,4)29-17)28-22-20(19)30-24(5,6)31-22/h17-20,22H,10,12,14H2,1-9H3/t17-,18-,19+,20-,22-/m1/s1. The van der Waals surface area contributed by atoms with Gasteiger partial charge in [0.15, 0.2) is 30.1 Å². The highest BCUT2D eigenvalue weighted by atomic mass is 28.3. The number of carbonyl (C=O) groups excluding carboxylic acids is 1. The van der Waals surface area contributed by atoms with E-state index in [1.165, 1.54) is 0 Å². The number of allylic oxidation sites excluding steroid dienone is 1. The molecule has 7 nitrogen and oxygen atoms in total. The summed E-state index contributed by atoms with van der Waals surface area (Å²) in [5.74, 6) is 1.33. The van der Waals surface area contributed by atoms with E-state index in [2.05, 4.69) is 31.1 Å². The molecule has 3 rings (SSSR count). The molecule has 0 aliphatic carbocycles. The van der Waals surface area contributed by atoms with E-state index in [0.29, 0.717) is 25.0 Å². The van der Waals surface area contributed by atoms with E-state index in [1.807, 2.05) is 41.5 Å². The lowest BCUT2D eigenvalue weighted by molar-refractivity contribution is -0.235. The Hall–Kier alpha value is -1.21. The molecule has 0 aromatic carbocycles. The number of carbonyl (C=O) groups is 1. The molecule has 0 aromatic heterocycles. The van der Waals surface area contributed by atoms with Crippen molar-refractivity contribution < 1.29 is 33.2 Å². The molecule has 0 amide bonds. The van der Waals surface area contributed by atoms with Crippen molar-refractivity contribution in [2.24, 2.45) is 0 Å². The molecule has 0 unspecified atom stereocenters. The van der Waals surface area contributed by atoms with Crippen molar-refractivity contribution in [1.82, 2.24) is 0 Å². The van der Waals surface area contributed by atoms with Gasteiger partial charge in [-0.3, -0.25) is 0 Å². The summed E-state index contributed by atoms with van der Waals surface area (Å²) in [5.41, 5.74) is 4.90. The summed E-state index contributed by atoms with van der Waals surface area (Å²) < 4.78 is 35.8. The van der Waals surface area contributed by atoms with Gasteiger partial charge >= 0.3 is 5.97 Å². The fourth-order valence-electron chi connectivity index (χ4n) is 4.08. The fourth-order valence-corrected chi connectivity index (χ4v) is 4.74. The van der Waals surface area contributed by atoms with Crippen LogP contribution in [0.4, 0.5) is 0 Å². The molecule has 0 radical (unpaired) electrons. The van der Waals surface area contributed by atoms with E-state index in [1.54, 1.807) is 0 Å². The van der Waals surface area contributed by atoms with Crippen LogP contribution in [0.25, 0.3) is 0 Å². The topological polar surface area (TPSA) is 72.5 Å². The Balaban J connectivity index is 1.74. The third-order valence-electron chi connectivity index (χ3n) is 5.48. The maximum Gasteiger partial charge on any atom is 0.334 e. The maximum atomic E-state index is 13.2. The zero-order chi connectivity index (χ0) is 23.9. The molecular formula is C24H38O7Si. The summed E-state index contributed by atoms with van der Waals surface area (Å²) in [6.07, 6.45) is -1.59. The Bertz CT molecular complexity index is 810. The molecule has 0 saturated carbocycles. The second kappa shape index (κ2) is 9.20. The minimum atomic E-state index is -1.44. The summed E-state index contributed by atoms with van der Waals surface area (Å²) in [6.45, 7) is 18.1. The van der Waals surface area contributed by atoms with Crippen molar-refractivity contribution in [2.45, 2.75) is 116 Å². The average molecular weight is 467 g/mol. The molecule has 180 valence electrons. The zero-order valence-corrected chi connectivity index (χ0v) is 21.9. The van der Waals surface area contributed by atoms with Gasteiger partial charge in [0.05, 0.1) is 6.61 Å². The molecular weight excluding hydrogens is 428 g/mol. The van der Waals surface area contributed by atoms with Crippen molar-refractivity contribution in [2.75, 3.05) is 6.61 Å². The summed E-state index contributed by atoms with van der Waals surface area (Å²) >= 11 is 0. The van der Waals surface area contributed by atoms with Gasteiger partial charge in [-0.05, 0) is 48.0 Å². The normalized spacial score (nSPS) is 32.7. The van der Waals surface area contributed by atoms with Gasteiger partial charge in [0.25, 0.3) is 0 Å². The van der Waals surface area contributed by atoms with Crippen molar-refractivity contribution in [3.63, 3.8) is 0 Å². The molecule has 3 aliphatic heterocycles. The van der Waals surface area contributed by atoms with Gasteiger partial charge in [0, 0.05) is 12.0 Å². The molecule has 3 aliphatic rings. The van der Waals surface area contributed by atoms with Crippen LogP contribution in [-0.4, -0.2) is 62.9 Å². The van der Waals surface area contributed by atoms with E-state index >= 15 is 0 Å². The predicted molar refractivity (Wildman–Crippen MR) is 122 cm³/mol. The Kier molecular flexibility index (Phi) is 7.31. The summed E-state index contributed by atoms with van der Waals surface area (Å²) in [7, 11) is -1.44. The smallest absolute Gasteiger partial charge is 0.334 e. The van der Waals surface area contributed by atoms with E-state index < -0.39 is 44.3 Å². The quantitative estimate of drug-likeness (QED) is 0.263. The Morgan fingerprint density at radius 1 is 1.03 bits per heavy atom. The Morgan fingerprint density at radius 2 is 1.72 bits per heavy atom.